The highest BCUT2D eigenvalue weighted by molar-refractivity contribution is 7.90. The Balaban J connectivity index is 0.768. The topological polar surface area (TPSA) is 154 Å². The van der Waals surface area contributed by atoms with E-state index in [1.54, 1.807) is 17.2 Å². The third kappa shape index (κ3) is 7.66. The number of piperazine rings is 1. The monoisotopic (exact) mass is 893 g/mol. The number of carbonyl (C=O) groups is 3. The summed E-state index contributed by atoms with van der Waals surface area (Å²) < 4.78 is 73.1. The lowest BCUT2D eigenvalue weighted by Gasteiger charge is -2.39. The number of rotatable bonds is 10. The molecule has 2 amide bonds. The molecule has 0 spiro atoms. The van der Waals surface area contributed by atoms with Crippen LogP contribution in [0.15, 0.2) is 85.3 Å². The van der Waals surface area contributed by atoms with Crippen LogP contribution in [-0.2, 0) is 21.5 Å². The molecule has 7 heterocycles. The highest BCUT2D eigenvalue weighted by atomic mass is 32.2. The van der Waals surface area contributed by atoms with Crippen molar-refractivity contribution < 1.29 is 36.0 Å². The fourth-order valence-electron chi connectivity index (χ4n) is 9.75. The Morgan fingerprint density at radius 2 is 1.64 bits per heavy atom. The number of benzene rings is 3. The van der Waals surface area contributed by atoms with E-state index in [2.05, 4.69) is 42.6 Å². The number of aromatic amines is 1. The average Bonchev–Trinajstić information content (AvgIpc) is 4.11. The number of amides is 2. The molecule has 64 heavy (non-hydrogen) atoms. The van der Waals surface area contributed by atoms with E-state index >= 15 is 8.78 Å². The zero-order valence-electron chi connectivity index (χ0n) is 34.8. The van der Waals surface area contributed by atoms with E-state index in [0.717, 1.165) is 84.6 Å². The van der Waals surface area contributed by atoms with Crippen LogP contribution in [-0.4, -0.2) is 121 Å². The van der Waals surface area contributed by atoms with Crippen LogP contribution in [0.2, 0.25) is 0 Å². The third-order valence-corrected chi connectivity index (χ3v) is 14.8. The molecule has 0 aliphatic carbocycles. The quantitative estimate of drug-likeness (QED) is 0.152. The van der Waals surface area contributed by atoms with Crippen LogP contribution in [0.5, 0.6) is 0 Å². The van der Waals surface area contributed by atoms with Crippen molar-refractivity contribution in [2.45, 2.75) is 50.5 Å². The SMILES string of the molecule is C=C1CCC(N2Cc3cc(N4CC[C@@H](N5CCN(c6ccc(-c7cnc8[nH]cc(C(=O)c9c(F)ccc(NS(=O)(=O)N%10CC[C@@H](F)C%10)c9F)c8c7)cc6)CC5)C4)ccc3C2=O)C(=O)N1. The van der Waals surface area contributed by atoms with Crippen LogP contribution >= 0.6 is 0 Å². The first-order chi connectivity index (χ1) is 30.8. The normalized spacial score (nSPS) is 22.1. The van der Waals surface area contributed by atoms with E-state index in [4.69, 9.17) is 0 Å². The maximum absolute atomic E-state index is 15.8. The number of pyridine rings is 1. The Hall–Kier alpha value is -6.24. The molecule has 3 N–H and O–H groups in total. The first kappa shape index (κ1) is 41.8. The van der Waals surface area contributed by atoms with Gasteiger partial charge in [0, 0.05) is 116 Å². The zero-order chi connectivity index (χ0) is 44.4. The molecule has 18 heteroatoms. The molecule has 1 unspecified atom stereocenters. The Kier molecular flexibility index (Phi) is 10.7. The fraction of sp³-hybridized carbons (Fsp3) is 0.348. The number of piperidine rings is 1. The van der Waals surface area contributed by atoms with Crippen molar-refractivity contribution in [3.63, 3.8) is 0 Å². The number of halogens is 3. The summed E-state index contributed by atoms with van der Waals surface area (Å²) in [6.45, 7) is 9.13. The summed E-state index contributed by atoms with van der Waals surface area (Å²) in [4.78, 5) is 56.0. The lowest BCUT2D eigenvalue weighted by Crippen LogP contribution is -2.51. The molecule has 14 nitrogen and oxygen atoms in total. The van der Waals surface area contributed by atoms with Crippen LogP contribution in [0.25, 0.3) is 22.2 Å². The molecule has 0 saturated carbocycles. The smallest absolute Gasteiger partial charge is 0.301 e. The maximum atomic E-state index is 15.8. The highest BCUT2D eigenvalue weighted by Gasteiger charge is 2.39. The van der Waals surface area contributed by atoms with Crippen molar-refractivity contribution >= 4 is 55.9 Å². The first-order valence-corrected chi connectivity index (χ1v) is 22.9. The van der Waals surface area contributed by atoms with Crippen LogP contribution in [0, 0.1) is 11.6 Å². The summed E-state index contributed by atoms with van der Waals surface area (Å²) in [7, 11) is -4.36. The minimum absolute atomic E-state index is 0.00431. The number of aromatic nitrogens is 2. The largest absolute Gasteiger partial charge is 0.370 e. The summed E-state index contributed by atoms with van der Waals surface area (Å²) >= 11 is 0. The predicted octanol–water partition coefficient (Wildman–Crippen LogP) is 5.59. The van der Waals surface area contributed by atoms with Crippen molar-refractivity contribution in [3.8, 4) is 11.1 Å². The standard InChI is InChI=1S/C46H46F3N9O5S/c1-27-2-11-40(45(60)52-27)58-24-30-20-33(7-8-35(30)46(58)61)56-14-13-34(26-56)55-18-16-54(17-19-55)32-5-3-28(4-6-32)29-21-36-37(23-51-44(36)50-22-29)43(59)41-38(48)9-10-39(42(41)49)53-64(62,63)57-15-12-31(47)25-57/h3-10,20-23,31,34,40,53H,1-2,11-19,24-26H2,(H,50,51)(H,52,60)/t31-,34-,40?/m1/s1. The van der Waals surface area contributed by atoms with E-state index in [1.165, 1.54) is 6.20 Å². The van der Waals surface area contributed by atoms with Gasteiger partial charge < -0.3 is 25.0 Å². The van der Waals surface area contributed by atoms with Gasteiger partial charge in [-0.1, -0.05) is 18.7 Å². The van der Waals surface area contributed by atoms with Gasteiger partial charge in [0.05, 0.1) is 11.3 Å². The van der Waals surface area contributed by atoms with Gasteiger partial charge in [-0.15, -0.1) is 0 Å². The molecule has 2 aromatic heterocycles. The van der Waals surface area contributed by atoms with Gasteiger partial charge in [-0.2, -0.15) is 12.7 Å². The van der Waals surface area contributed by atoms with E-state index in [9.17, 15) is 27.2 Å². The Morgan fingerprint density at radius 1 is 0.859 bits per heavy atom. The van der Waals surface area contributed by atoms with Gasteiger partial charge >= 0.3 is 10.2 Å². The summed E-state index contributed by atoms with van der Waals surface area (Å²) in [6, 6.07) is 17.4. The lowest BCUT2D eigenvalue weighted by atomic mass is 9.99. The number of carbonyl (C=O) groups excluding carboxylic acids is 3. The van der Waals surface area contributed by atoms with E-state index < -0.39 is 51.1 Å². The number of hydrogen-bond donors (Lipinski definition) is 3. The Bertz CT molecular complexity index is 2830. The number of allylic oxidation sites excluding steroid dienone is 1. The summed E-state index contributed by atoms with van der Waals surface area (Å²) in [5, 5.41) is 3.13. The number of H-pyrrole nitrogens is 1. The lowest BCUT2D eigenvalue weighted by molar-refractivity contribution is -0.126. The van der Waals surface area contributed by atoms with Crippen LogP contribution in [0.3, 0.4) is 0 Å². The number of alkyl halides is 1. The second-order valence-corrected chi connectivity index (χ2v) is 18.8. The van der Waals surface area contributed by atoms with Gasteiger partial charge in [0.25, 0.3) is 5.91 Å². The second-order valence-electron chi connectivity index (χ2n) is 17.2. The molecule has 0 radical (unpaired) electrons. The van der Waals surface area contributed by atoms with E-state index in [1.807, 2.05) is 41.1 Å². The molecule has 0 bridgehead atoms. The molecule has 5 aliphatic rings. The number of nitrogens with one attached hydrogen (secondary N) is 3. The molecule has 5 aromatic rings. The van der Waals surface area contributed by atoms with Gasteiger partial charge in [-0.3, -0.25) is 24.0 Å². The minimum atomic E-state index is -4.36. The van der Waals surface area contributed by atoms with Crippen LogP contribution < -0.4 is 19.8 Å². The number of nitrogens with zero attached hydrogens (tertiary/aromatic N) is 6. The van der Waals surface area contributed by atoms with Crippen molar-refractivity contribution in [1.29, 1.82) is 0 Å². The molecule has 332 valence electrons. The number of hydrogen-bond acceptors (Lipinski definition) is 9. The van der Waals surface area contributed by atoms with Gasteiger partial charge in [0.15, 0.2) is 5.82 Å². The Morgan fingerprint density at radius 3 is 2.39 bits per heavy atom. The van der Waals surface area contributed by atoms with Crippen molar-refractivity contribution in [2.75, 3.05) is 66.9 Å². The molecule has 3 atom stereocenters. The molecule has 4 saturated heterocycles. The molecule has 4 fully saturated rings. The van der Waals surface area contributed by atoms with E-state index in [0.29, 0.717) is 53.3 Å². The minimum Gasteiger partial charge on any atom is -0.370 e. The van der Waals surface area contributed by atoms with Gasteiger partial charge in [-0.05, 0) is 85.3 Å². The summed E-state index contributed by atoms with van der Waals surface area (Å²) in [5.41, 5.74) is 4.70. The summed E-state index contributed by atoms with van der Waals surface area (Å²) in [5.74, 6) is -3.81. The first-order valence-electron chi connectivity index (χ1n) is 21.5. The van der Waals surface area contributed by atoms with Crippen LogP contribution in [0.4, 0.5) is 30.2 Å². The number of fused-ring (bicyclic) bond motifs is 2. The molecule has 5 aliphatic heterocycles. The highest BCUT2D eigenvalue weighted by Crippen LogP contribution is 2.35. The fourth-order valence-corrected chi connectivity index (χ4v) is 11.0. The van der Waals surface area contributed by atoms with Crippen LogP contribution in [0.1, 0.15) is 57.5 Å². The van der Waals surface area contributed by atoms with Crippen molar-refractivity contribution in [1.82, 2.24) is 29.4 Å². The number of ketones is 1. The van der Waals surface area contributed by atoms with E-state index in [-0.39, 0.29) is 36.9 Å². The predicted molar refractivity (Wildman–Crippen MR) is 236 cm³/mol. The van der Waals surface area contributed by atoms with Gasteiger partial charge in [-0.25, -0.2) is 18.2 Å². The third-order valence-electron chi connectivity index (χ3n) is 13.3. The molecule has 10 rings (SSSR count). The maximum Gasteiger partial charge on any atom is 0.301 e. The number of anilines is 3. The van der Waals surface area contributed by atoms with Crippen molar-refractivity contribution in [2.24, 2.45) is 0 Å². The van der Waals surface area contributed by atoms with Gasteiger partial charge in [0.1, 0.15) is 23.7 Å². The molecule has 3 aromatic carbocycles. The zero-order valence-corrected chi connectivity index (χ0v) is 35.6. The van der Waals surface area contributed by atoms with Gasteiger partial charge in [0.2, 0.25) is 11.7 Å². The Labute approximate surface area is 367 Å². The second kappa shape index (κ2) is 16.4. The average molecular weight is 894 g/mol. The molecular weight excluding hydrogens is 848 g/mol. The molecular formula is C46H46F3N9O5S. The summed E-state index contributed by atoms with van der Waals surface area (Å²) in [6.07, 6.45) is 3.90. The van der Waals surface area contributed by atoms with Crippen molar-refractivity contribution in [3.05, 3.63) is 119 Å².